The molecule has 0 aliphatic heterocycles. The Morgan fingerprint density at radius 3 is 2.55 bits per heavy atom. The van der Waals surface area contributed by atoms with Gasteiger partial charge in [-0.2, -0.15) is 0 Å². The lowest BCUT2D eigenvalue weighted by Crippen LogP contribution is -2.26. The molecular weight excluding hydrogens is 436 g/mol. The highest BCUT2D eigenvalue weighted by Crippen LogP contribution is 2.27. The first-order valence-electron chi connectivity index (χ1n) is 9.66. The van der Waals surface area contributed by atoms with Crippen molar-refractivity contribution in [2.75, 3.05) is 32.2 Å². The first-order valence-corrected chi connectivity index (χ1v) is 10.5. The van der Waals surface area contributed by atoms with Gasteiger partial charge in [-0.05, 0) is 59.1 Å². The summed E-state index contributed by atoms with van der Waals surface area (Å²) < 4.78 is 11.4. The Balaban J connectivity index is 2.05. The number of hydrogen-bond donors (Lipinski definition) is 2. The first-order chi connectivity index (χ1) is 14.1. The quantitative estimate of drug-likeness (QED) is 0.476. The van der Waals surface area contributed by atoms with Crippen LogP contribution in [0.1, 0.15) is 46.9 Å². The predicted molar refractivity (Wildman–Crippen MR) is 118 cm³/mol. The van der Waals surface area contributed by atoms with E-state index in [2.05, 4.69) is 33.5 Å². The summed E-state index contributed by atoms with van der Waals surface area (Å²) in [7, 11) is 1.62. The lowest BCUT2D eigenvalue weighted by Gasteiger charge is -2.12. The molecule has 0 fully saturated rings. The second-order valence-corrected chi connectivity index (χ2v) is 7.30. The number of carbonyl (C=O) groups excluding carboxylic acids is 2. The first kappa shape index (κ1) is 22.9. The van der Waals surface area contributed by atoms with Crippen LogP contribution >= 0.6 is 15.9 Å². The van der Waals surface area contributed by atoms with Gasteiger partial charge in [-0.15, -0.1) is 0 Å². The smallest absolute Gasteiger partial charge is 0.255 e. The van der Waals surface area contributed by atoms with E-state index in [1.54, 1.807) is 49.6 Å². The Bertz CT molecular complexity index is 826. The van der Waals surface area contributed by atoms with Crippen LogP contribution in [0.15, 0.2) is 46.9 Å². The van der Waals surface area contributed by atoms with Gasteiger partial charge in [-0.25, -0.2) is 0 Å². The Kier molecular flexibility index (Phi) is 9.67. The van der Waals surface area contributed by atoms with Crippen LogP contribution < -0.4 is 15.4 Å². The van der Waals surface area contributed by atoms with Gasteiger partial charge in [0.05, 0.1) is 22.3 Å². The molecule has 2 rings (SSSR count). The Morgan fingerprint density at radius 2 is 1.83 bits per heavy atom. The molecule has 0 unspecified atom stereocenters. The lowest BCUT2D eigenvalue weighted by atomic mass is 10.1. The fourth-order valence-corrected chi connectivity index (χ4v) is 3.08. The van der Waals surface area contributed by atoms with Crippen molar-refractivity contribution in [1.82, 2.24) is 5.32 Å². The van der Waals surface area contributed by atoms with Crippen LogP contribution in [0.3, 0.4) is 0 Å². The van der Waals surface area contributed by atoms with Crippen LogP contribution in [0.5, 0.6) is 5.75 Å². The van der Waals surface area contributed by atoms with E-state index >= 15 is 0 Å². The molecule has 0 atom stereocenters. The summed E-state index contributed by atoms with van der Waals surface area (Å²) in [6.07, 6.45) is 2.74. The molecule has 29 heavy (non-hydrogen) atoms. The molecular formula is C22H27BrN2O4. The fourth-order valence-electron chi connectivity index (χ4n) is 2.58. The number of methoxy groups -OCH3 is 1. The van der Waals surface area contributed by atoms with Gasteiger partial charge in [-0.1, -0.05) is 25.5 Å². The largest absolute Gasteiger partial charge is 0.492 e. The highest BCUT2D eigenvalue weighted by molar-refractivity contribution is 9.10. The van der Waals surface area contributed by atoms with Gasteiger partial charge in [0.15, 0.2) is 0 Å². The SMILES string of the molecule is CCCCOc1ccc(C(=O)Nc2ccccc2C(=O)NCCCOC)cc1Br. The molecule has 0 bridgehead atoms. The van der Waals surface area contributed by atoms with Crippen molar-refractivity contribution in [2.24, 2.45) is 0 Å². The number of rotatable bonds is 11. The number of unbranched alkanes of at least 4 members (excludes halogenated alkanes) is 1. The number of benzene rings is 2. The van der Waals surface area contributed by atoms with Crippen molar-refractivity contribution in [1.29, 1.82) is 0 Å². The standard InChI is InChI=1S/C22H27BrN2O4/c1-3-4-14-29-20-11-10-16(15-18(20)23)21(26)25-19-9-6-5-8-17(19)22(27)24-12-7-13-28-2/h5-6,8-11,15H,3-4,7,12-14H2,1-2H3,(H,24,27)(H,25,26). The molecule has 2 aromatic rings. The Morgan fingerprint density at radius 1 is 1.03 bits per heavy atom. The average molecular weight is 463 g/mol. The van der Waals surface area contributed by atoms with Gasteiger partial charge in [0, 0.05) is 25.8 Å². The van der Waals surface area contributed by atoms with Crippen molar-refractivity contribution in [3.8, 4) is 5.75 Å². The van der Waals surface area contributed by atoms with Crippen molar-refractivity contribution >= 4 is 33.4 Å². The Hall–Kier alpha value is -2.38. The topological polar surface area (TPSA) is 76.7 Å². The molecule has 0 aliphatic carbocycles. The average Bonchev–Trinajstić information content (AvgIpc) is 2.72. The number of nitrogens with one attached hydrogen (secondary N) is 2. The van der Waals surface area contributed by atoms with Crippen LogP contribution in [-0.4, -0.2) is 38.7 Å². The van der Waals surface area contributed by atoms with E-state index in [9.17, 15) is 9.59 Å². The summed E-state index contributed by atoms with van der Waals surface area (Å²) in [6, 6.07) is 12.1. The van der Waals surface area contributed by atoms with Gasteiger partial charge >= 0.3 is 0 Å². The molecule has 0 saturated heterocycles. The third kappa shape index (κ3) is 7.18. The zero-order valence-corrected chi connectivity index (χ0v) is 18.4. The molecule has 0 aliphatic rings. The number of amides is 2. The zero-order valence-electron chi connectivity index (χ0n) is 16.8. The van der Waals surface area contributed by atoms with Gasteiger partial charge in [0.1, 0.15) is 5.75 Å². The van der Waals surface area contributed by atoms with Crippen molar-refractivity contribution < 1.29 is 19.1 Å². The van der Waals surface area contributed by atoms with Crippen molar-refractivity contribution in [3.63, 3.8) is 0 Å². The van der Waals surface area contributed by atoms with Crippen LogP contribution in [0.25, 0.3) is 0 Å². The molecule has 0 spiro atoms. The highest BCUT2D eigenvalue weighted by Gasteiger charge is 2.15. The molecule has 0 radical (unpaired) electrons. The second-order valence-electron chi connectivity index (χ2n) is 6.45. The van der Waals surface area contributed by atoms with Crippen LogP contribution in [0.2, 0.25) is 0 Å². The predicted octanol–water partition coefficient (Wildman–Crippen LogP) is 4.65. The van der Waals surface area contributed by atoms with E-state index in [1.165, 1.54) is 0 Å². The van der Waals surface area contributed by atoms with E-state index in [4.69, 9.17) is 9.47 Å². The second kappa shape index (κ2) is 12.2. The molecule has 2 N–H and O–H groups in total. The number of anilines is 1. The molecule has 0 heterocycles. The number of para-hydroxylation sites is 1. The number of hydrogen-bond acceptors (Lipinski definition) is 4. The normalized spacial score (nSPS) is 10.4. The van der Waals surface area contributed by atoms with Crippen LogP contribution in [0, 0.1) is 0 Å². The molecule has 0 saturated carbocycles. The maximum Gasteiger partial charge on any atom is 0.255 e. The fraction of sp³-hybridized carbons (Fsp3) is 0.364. The summed E-state index contributed by atoms with van der Waals surface area (Å²) in [5.41, 5.74) is 1.34. The van der Waals surface area contributed by atoms with Gasteiger partial charge in [0.25, 0.3) is 11.8 Å². The maximum atomic E-state index is 12.7. The third-order valence-corrected chi connectivity index (χ3v) is 4.80. The van der Waals surface area contributed by atoms with E-state index in [0.717, 1.165) is 19.3 Å². The van der Waals surface area contributed by atoms with Gasteiger partial charge in [-0.3, -0.25) is 9.59 Å². The summed E-state index contributed by atoms with van der Waals surface area (Å²) in [5.74, 6) is 0.161. The molecule has 7 heteroatoms. The van der Waals surface area contributed by atoms with Crippen molar-refractivity contribution in [2.45, 2.75) is 26.2 Å². The molecule has 0 aromatic heterocycles. The van der Waals surface area contributed by atoms with Crippen molar-refractivity contribution in [3.05, 3.63) is 58.1 Å². The highest BCUT2D eigenvalue weighted by atomic mass is 79.9. The minimum atomic E-state index is -0.301. The summed E-state index contributed by atoms with van der Waals surface area (Å²) >= 11 is 3.45. The van der Waals surface area contributed by atoms with E-state index in [-0.39, 0.29) is 11.8 Å². The monoisotopic (exact) mass is 462 g/mol. The minimum Gasteiger partial charge on any atom is -0.492 e. The summed E-state index contributed by atoms with van der Waals surface area (Å²) in [4.78, 5) is 25.1. The Labute approximate surface area is 180 Å². The van der Waals surface area contributed by atoms with Gasteiger partial charge < -0.3 is 20.1 Å². The number of carbonyl (C=O) groups is 2. The van der Waals surface area contributed by atoms with Gasteiger partial charge in [0.2, 0.25) is 0 Å². The van der Waals surface area contributed by atoms with Crippen LogP contribution in [0.4, 0.5) is 5.69 Å². The van der Waals surface area contributed by atoms with E-state index in [1.807, 2.05) is 0 Å². The maximum absolute atomic E-state index is 12.7. The number of ether oxygens (including phenoxy) is 2. The van der Waals surface area contributed by atoms with E-state index in [0.29, 0.717) is 46.8 Å². The molecule has 156 valence electrons. The third-order valence-electron chi connectivity index (χ3n) is 4.18. The van der Waals surface area contributed by atoms with Crippen LogP contribution in [-0.2, 0) is 4.74 Å². The number of halogens is 1. The molecule has 2 aromatic carbocycles. The summed E-state index contributed by atoms with van der Waals surface area (Å²) in [6.45, 7) is 3.81. The lowest BCUT2D eigenvalue weighted by molar-refractivity contribution is 0.0949. The zero-order chi connectivity index (χ0) is 21.1. The minimum absolute atomic E-state index is 0.238. The molecule has 6 nitrogen and oxygen atoms in total. The molecule has 2 amide bonds. The summed E-state index contributed by atoms with van der Waals surface area (Å²) in [5, 5.41) is 5.66. The van der Waals surface area contributed by atoms with E-state index < -0.39 is 0 Å².